The fourth-order valence-electron chi connectivity index (χ4n) is 7.31. The number of carbonyl (C=O) groups is 6. The van der Waals surface area contributed by atoms with E-state index in [1.165, 1.54) is 38.5 Å². The van der Waals surface area contributed by atoms with E-state index in [2.05, 4.69) is 45.3 Å². The highest BCUT2D eigenvalue weighted by molar-refractivity contribution is 8.00. The quantitative estimate of drug-likeness (QED) is 0.0411. The van der Waals surface area contributed by atoms with Crippen LogP contribution in [0.3, 0.4) is 0 Å². The second-order valence-corrected chi connectivity index (χ2v) is 18.2. The Labute approximate surface area is 348 Å². The minimum Gasteiger partial charge on any atom is -0.487 e. The van der Waals surface area contributed by atoms with Crippen LogP contribution in [0.4, 0.5) is 0 Å². The molecule has 6 unspecified atom stereocenters. The van der Waals surface area contributed by atoms with Gasteiger partial charge in [-0.25, -0.2) is 0 Å². The highest BCUT2D eigenvalue weighted by atomic mass is 32.2. The molecule has 0 fully saturated rings. The molecule has 1 heterocycles. The first-order valence-electron chi connectivity index (χ1n) is 20.8. The maximum Gasteiger partial charge on any atom is 0.325 e. The molecule has 1 aromatic carbocycles. The predicted molar refractivity (Wildman–Crippen MR) is 224 cm³/mol. The number of benzene rings is 1. The second-order valence-electron chi connectivity index (χ2n) is 17.0. The number of fused-ring (bicyclic) bond motifs is 1. The monoisotopic (exact) mass is 835 g/mol. The van der Waals surface area contributed by atoms with E-state index in [1.54, 1.807) is 0 Å². The first kappa shape index (κ1) is 50.3. The molecule has 14 nitrogen and oxygen atoms in total. The molecule has 2 amide bonds. The van der Waals surface area contributed by atoms with Gasteiger partial charge in [0.1, 0.15) is 41.0 Å². The summed E-state index contributed by atoms with van der Waals surface area (Å²) in [7, 11) is 0. The molecule has 0 aliphatic carbocycles. The molecule has 0 aromatic heterocycles. The molecule has 6 atom stereocenters. The van der Waals surface area contributed by atoms with Crippen LogP contribution in [-0.4, -0.2) is 86.2 Å². The van der Waals surface area contributed by atoms with Crippen molar-refractivity contribution in [3.63, 3.8) is 0 Å². The van der Waals surface area contributed by atoms with Gasteiger partial charge in [0.05, 0.1) is 6.42 Å². The van der Waals surface area contributed by atoms with Crippen molar-refractivity contribution in [2.75, 3.05) is 12.3 Å². The third-order valence-electron chi connectivity index (χ3n) is 11.2. The van der Waals surface area contributed by atoms with E-state index in [0.29, 0.717) is 23.7 Å². The Bertz CT molecular complexity index is 1580. The van der Waals surface area contributed by atoms with Crippen molar-refractivity contribution >= 4 is 47.5 Å². The Kier molecular flexibility index (Phi) is 21.1. The smallest absolute Gasteiger partial charge is 0.325 e. The van der Waals surface area contributed by atoms with Crippen LogP contribution in [0.25, 0.3) is 0 Å². The summed E-state index contributed by atoms with van der Waals surface area (Å²) in [5.41, 5.74) is 8.29. The van der Waals surface area contributed by atoms with Crippen LogP contribution >= 0.6 is 11.8 Å². The Morgan fingerprint density at radius 2 is 1.45 bits per heavy atom. The molecular formula is C43H69N3O11S. The van der Waals surface area contributed by atoms with Crippen LogP contribution in [0.5, 0.6) is 11.5 Å². The van der Waals surface area contributed by atoms with Crippen molar-refractivity contribution in [2.45, 2.75) is 168 Å². The van der Waals surface area contributed by atoms with Gasteiger partial charge in [-0.2, -0.15) is 0 Å². The molecule has 0 spiro atoms. The fraction of sp³-hybridized carbons (Fsp3) is 0.721. The second kappa shape index (κ2) is 24.3. The standard InChI is InChI=1S/C43H69N3O11S/c1-25(2)12-9-13-26(3)14-10-15-27(4)16-11-20-43(8)21-19-31-30(7)38(28(5)29(6)39(31)57-43)56-42(55)34(22-36(48)49)58-24-33(40(52)45-23-37(50)51)46-35(47)18-17-32(44)41(53)54/h25-27,32-34H,9-24,44H2,1-8H3,(H,45,52)(H,46,47)(H,48,49)(H,50,51)(H,53,54). The number of amides is 2. The number of rotatable bonds is 27. The van der Waals surface area contributed by atoms with Gasteiger partial charge in [0.25, 0.3) is 0 Å². The lowest BCUT2D eigenvalue weighted by Crippen LogP contribution is -2.50. The van der Waals surface area contributed by atoms with Crippen molar-refractivity contribution in [1.82, 2.24) is 10.6 Å². The third kappa shape index (κ3) is 17.2. The maximum atomic E-state index is 13.7. The summed E-state index contributed by atoms with van der Waals surface area (Å²) < 4.78 is 12.7. The lowest BCUT2D eigenvalue weighted by atomic mass is 9.83. The Morgan fingerprint density at radius 1 is 0.845 bits per heavy atom. The van der Waals surface area contributed by atoms with Crippen LogP contribution in [0, 0.1) is 38.5 Å². The molecule has 0 saturated carbocycles. The number of hydrogen-bond acceptors (Lipinski definition) is 10. The summed E-state index contributed by atoms with van der Waals surface area (Å²) in [5, 5.41) is 31.0. The number of carboxylic acids is 3. The average molecular weight is 836 g/mol. The maximum absolute atomic E-state index is 13.7. The van der Waals surface area contributed by atoms with E-state index in [4.69, 9.17) is 25.4 Å². The van der Waals surface area contributed by atoms with E-state index < -0.39 is 66.0 Å². The van der Waals surface area contributed by atoms with E-state index in [0.717, 1.165) is 71.7 Å². The Balaban J connectivity index is 2.11. The van der Waals surface area contributed by atoms with Crippen molar-refractivity contribution in [2.24, 2.45) is 23.5 Å². The lowest BCUT2D eigenvalue weighted by Gasteiger charge is -2.38. The van der Waals surface area contributed by atoms with Crippen molar-refractivity contribution in [1.29, 1.82) is 0 Å². The number of carbonyl (C=O) groups excluding carboxylic acids is 3. The highest BCUT2D eigenvalue weighted by Gasteiger charge is 2.36. The Hall–Kier alpha value is -3.85. The SMILES string of the molecule is Cc1c(C)c2c(c(C)c1OC(=O)C(CC(=O)O)SCC(NC(=O)CCC(N)C(=O)O)C(=O)NCC(=O)O)CCC(C)(CCCC(C)CCCC(C)CCCC(C)C)O2. The minimum atomic E-state index is -1.38. The van der Waals surface area contributed by atoms with Crippen LogP contribution in [-0.2, 0) is 35.2 Å². The number of ether oxygens (including phenoxy) is 2. The molecule has 0 radical (unpaired) electrons. The molecule has 1 aliphatic heterocycles. The zero-order valence-corrected chi connectivity index (χ0v) is 36.7. The molecule has 0 saturated heterocycles. The molecule has 328 valence electrons. The van der Waals surface area contributed by atoms with Crippen molar-refractivity contribution < 1.29 is 53.6 Å². The van der Waals surface area contributed by atoms with Gasteiger partial charge < -0.3 is 41.2 Å². The van der Waals surface area contributed by atoms with Gasteiger partial charge in [0.2, 0.25) is 11.8 Å². The number of esters is 1. The first-order valence-corrected chi connectivity index (χ1v) is 21.8. The van der Waals surface area contributed by atoms with E-state index in [1.807, 2.05) is 20.8 Å². The number of hydrogen-bond donors (Lipinski definition) is 6. The Morgan fingerprint density at radius 3 is 2.02 bits per heavy atom. The number of aliphatic carboxylic acids is 3. The van der Waals surface area contributed by atoms with Gasteiger partial charge in [0, 0.05) is 17.7 Å². The predicted octanol–water partition coefficient (Wildman–Crippen LogP) is 6.49. The molecule has 1 aliphatic rings. The van der Waals surface area contributed by atoms with Crippen molar-refractivity contribution in [3.05, 3.63) is 22.3 Å². The summed E-state index contributed by atoms with van der Waals surface area (Å²) in [6.07, 6.45) is 11.1. The summed E-state index contributed by atoms with van der Waals surface area (Å²) in [6, 6.07) is -2.70. The summed E-state index contributed by atoms with van der Waals surface area (Å²) >= 11 is 0.760. The number of nitrogens with one attached hydrogen (secondary N) is 2. The summed E-state index contributed by atoms with van der Waals surface area (Å²) in [6.45, 7) is 16.3. The molecule has 58 heavy (non-hydrogen) atoms. The lowest BCUT2D eigenvalue weighted by molar-refractivity contribution is -0.141. The molecule has 2 rings (SSSR count). The summed E-state index contributed by atoms with van der Waals surface area (Å²) in [4.78, 5) is 73.1. The molecule has 7 N–H and O–H groups in total. The van der Waals surface area contributed by atoms with Crippen molar-refractivity contribution in [3.8, 4) is 11.5 Å². The molecule has 1 aromatic rings. The van der Waals surface area contributed by atoms with E-state index >= 15 is 0 Å². The van der Waals surface area contributed by atoms with Gasteiger partial charge in [0.15, 0.2) is 0 Å². The minimum absolute atomic E-state index is 0.229. The first-order chi connectivity index (χ1) is 27.1. The van der Waals surface area contributed by atoms with E-state index in [9.17, 15) is 33.9 Å². The number of carboxylic acid groups (broad SMARTS) is 3. The van der Waals surface area contributed by atoms with Gasteiger partial charge in [-0.1, -0.05) is 72.6 Å². The zero-order valence-electron chi connectivity index (χ0n) is 35.9. The van der Waals surface area contributed by atoms with Gasteiger partial charge in [-0.3, -0.25) is 28.8 Å². The normalized spacial score (nSPS) is 17.6. The van der Waals surface area contributed by atoms with Crippen LogP contribution in [0.1, 0.15) is 140 Å². The molecule has 0 bridgehead atoms. The van der Waals surface area contributed by atoms with Gasteiger partial charge in [-0.05, 0) is 94.2 Å². The van der Waals surface area contributed by atoms with Crippen LogP contribution < -0.4 is 25.8 Å². The topological polar surface area (TPSA) is 232 Å². The number of nitrogens with two attached hydrogens (primary N) is 1. The molecule has 15 heteroatoms. The number of thioether (sulfide) groups is 1. The molecular weight excluding hydrogens is 767 g/mol. The largest absolute Gasteiger partial charge is 0.487 e. The van der Waals surface area contributed by atoms with Gasteiger partial charge >= 0.3 is 23.9 Å². The fourth-order valence-corrected chi connectivity index (χ4v) is 8.41. The highest BCUT2D eigenvalue weighted by Crippen LogP contribution is 2.45. The summed E-state index contributed by atoms with van der Waals surface area (Å²) in [5.74, 6) is -3.45. The average Bonchev–Trinajstić information content (AvgIpc) is 3.14. The van der Waals surface area contributed by atoms with Crippen LogP contribution in [0.15, 0.2) is 0 Å². The van der Waals surface area contributed by atoms with E-state index in [-0.39, 0.29) is 24.2 Å². The van der Waals surface area contributed by atoms with Crippen LogP contribution in [0.2, 0.25) is 0 Å². The van der Waals surface area contributed by atoms with Gasteiger partial charge in [-0.15, -0.1) is 11.8 Å². The third-order valence-corrected chi connectivity index (χ3v) is 12.5. The zero-order chi connectivity index (χ0) is 43.7.